The maximum Gasteiger partial charge on any atom is 0.311 e. The average Bonchev–Trinajstić information content (AvgIpc) is 2.24. The van der Waals surface area contributed by atoms with Gasteiger partial charge in [-0.15, -0.1) is 0 Å². The summed E-state index contributed by atoms with van der Waals surface area (Å²) < 4.78 is 5.37. The van der Waals surface area contributed by atoms with E-state index in [1.54, 1.807) is 12.1 Å². The fraction of sp³-hybridized carbons (Fsp3) is 0.538. The molecule has 0 aliphatic carbocycles. The van der Waals surface area contributed by atoms with E-state index in [2.05, 4.69) is 0 Å². The van der Waals surface area contributed by atoms with Crippen LogP contribution in [0.1, 0.15) is 39.7 Å². The van der Waals surface area contributed by atoms with Crippen LogP contribution in [-0.2, 0) is 5.41 Å². The van der Waals surface area contributed by atoms with E-state index in [1.165, 1.54) is 0 Å². The molecule has 4 nitrogen and oxygen atoms in total. The van der Waals surface area contributed by atoms with Crippen LogP contribution in [0.3, 0.4) is 0 Å². The fourth-order valence-corrected chi connectivity index (χ4v) is 1.46. The molecule has 94 valence electrons. The molecule has 0 amide bonds. The first kappa shape index (κ1) is 13.5. The summed E-state index contributed by atoms with van der Waals surface area (Å²) in [5, 5.41) is 11.0. The molecule has 0 fully saturated rings. The Morgan fingerprint density at radius 2 is 2.00 bits per heavy atom. The van der Waals surface area contributed by atoms with E-state index in [1.807, 2.05) is 33.8 Å². The van der Waals surface area contributed by atoms with Crippen LogP contribution in [0, 0.1) is 10.1 Å². The molecule has 1 aromatic carbocycles. The topological polar surface area (TPSA) is 52.4 Å². The summed E-state index contributed by atoms with van der Waals surface area (Å²) in [7, 11) is 0. The zero-order valence-corrected chi connectivity index (χ0v) is 10.8. The van der Waals surface area contributed by atoms with Crippen LogP contribution >= 0.6 is 0 Å². The summed E-state index contributed by atoms with van der Waals surface area (Å²) >= 11 is 0. The second-order valence-electron chi connectivity index (χ2n) is 5.04. The summed E-state index contributed by atoms with van der Waals surface area (Å²) in [4.78, 5) is 10.6. The quantitative estimate of drug-likeness (QED) is 0.593. The van der Waals surface area contributed by atoms with Crippen molar-refractivity contribution in [3.63, 3.8) is 0 Å². The maximum absolute atomic E-state index is 11.0. The van der Waals surface area contributed by atoms with Gasteiger partial charge in [0.2, 0.25) is 0 Å². The fourth-order valence-electron chi connectivity index (χ4n) is 1.46. The third kappa shape index (κ3) is 3.44. The van der Waals surface area contributed by atoms with Gasteiger partial charge in [-0.1, -0.05) is 33.8 Å². The summed E-state index contributed by atoms with van der Waals surface area (Å²) in [5.41, 5.74) is 0.882. The zero-order valence-electron chi connectivity index (χ0n) is 10.8. The Hall–Kier alpha value is -1.58. The predicted octanol–water partition coefficient (Wildman–Crippen LogP) is 3.68. The van der Waals surface area contributed by atoms with Gasteiger partial charge in [0.05, 0.1) is 11.5 Å². The van der Waals surface area contributed by atoms with E-state index in [4.69, 9.17) is 4.74 Å². The van der Waals surface area contributed by atoms with E-state index in [9.17, 15) is 10.1 Å². The van der Waals surface area contributed by atoms with E-state index < -0.39 is 0 Å². The van der Waals surface area contributed by atoms with Gasteiger partial charge in [-0.05, 0) is 23.5 Å². The van der Waals surface area contributed by atoms with E-state index in [0.717, 1.165) is 12.0 Å². The predicted molar refractivity (Wildman–Crippen MR) is 67.6 cm³/mol. The Bertz CT molecular complexity index is 408. The first-order valence-corrected chi connectivity index (χ1v) is 5.78. The number of nitrogens with zero attached hydrogens (tertiary/aromatic N) is 1. The lowest BCUT2D eigenvalue weighted by Gasteiger charge is -2.19. The molecule has 0 bridgehead atoms. The highest BCUT2D eigenvalue weighted by Crippen LogP contribution is 2.32. The van der Waals surface area contributed by atoms with Gasteiger partial charge >= 0.3 is 5.69 Å². The van der Waals surface area contributed by atoms with Crippen molar-refractivity contribution in [1.82, 2.24) is 0 Å². The minimum atomic E-state index is -0.389. The van der Waals surface area contributed by atoms with Crippen LogP contribution in [-0.4, -0.2) is 11.5 Å². The monoisotopic (exact) mass is 237 g/mol. The first-order chi connectivity index (χ1) is 7.86. The lowest BCUT2D eigenvalue weighted by Crippen LogP contribution is -2.11. The summed E-state index contributed by atoms with van der Waals surface area (Å²) in [6.07, 6.45) is 0.832. The van der Waals surface area contributed by atoms with Crippen molar-refractivity contribution in [2.75, 3.05) is 6.61 Å². The SMILES string of the molecule is CCCOc1ccc(C(C)(C)C)cc1[N+](=O)[O-]. The van der Waals surface area contributed by atoms with Crippen molar-refractivity contribution in [2.45, 2.75) is 39.5 Å². The van der Waals surface area contributed by atoms with Crippen molar-refractivity contribution < 1.29 is 9.66 Å². The van der Waals surface area contributed by atoms with Crippen molar-refractivity contribution in [3.8, 4) is 5.75 Å². The van der Waals surface area contributed by atoms with Gasteiger partial charge in [-0.25, -0.2) is 0 Å². The number of hydrogen-bond donors (Lipinski definition) is 0. The van der Waals surface area contributed by atoms with Crippen molar-refractivity contribution >= 4 is 5.69 Å². The molecule has 0 aliphatic rings. The number of nitro benzene ring substituents is 1. The van der Waals surface area contributed by atoms with E-state index in [-0.39, 0.29) is 16.0 Å². The average molecular weight is 237 g/mol. The molecule has 0 saturated heterocycles. The highest BCUT2D eigenvalue weighted by atomic mass is 16.6. The van der Waals surface area contributed by atoms with Gasteiger partial charge in [0.25, 0.3) is 0 Å². The highest BCUT2D eigenvalue weighted by Gasteiger charge is 2.21. The van der Waals surface area contributed by atoms with Gasteiger partial charge in [0, 0.05) is 6.07 Å². The Morgan fingerprint density at radius 1 is 1.35 bits per heavy atom. The lowest BCUT2D eigenvalue weighted by atomic mass is 9.87. The van der Waals surface area contributed by atoms with Gasteiger partial charge in [-0.2, -0.15) is 0 Å². The molecule has 0 aromatic heterocycles. The minimum Gasteiger partial charge on any atom is -0.487 e. The second-order valence-corrected chi connectivity index (χ2v) is 5.04. The molecular weight excluding hydrogens is 218 g/mol. The van der Waals surface area contributed by atoms with Crippen LogP contribution in [0.4, 0.5) is 5.69 Å². The molecule has 1 aromatic rings. The molecular formula is C13H19NO3. The van der Waals surface area contributed by atoms with Crippen LogP contribution in [0.5, 0.6) is 5.75 Å². The molecule has 0 saturated carbocycles. The molecule has 0 N–H and O–H groups in total. The Morgan fingerprint density at radius 3 is 2.47 bits per heavy atom. The van der Waals surface area contributed by atoms with Crippen LogP contribution < -0.4 is 4.74 Å². The molecule has 4 heteroatoms. The number of ether oxygens (including phenoxy) is 1. The third-order valence-electron chi connectivity index (χ3n) is 2.48. The normalized spacial score (nSPS) is 11.3. The largest absolute Gasteiger partial charge is 0.487 e. The number of nitro groups is 1. The molecule has 0 unspecified atom stereocenters. The number of hydrogen-bond acceptors (Lipinski definition) is 3. The molecule has 0 spiro atoms. The van der Waals surface area contributed by atoms with Crippen molar-refractivity contribution in [1.29, 1.82) is 0 Å². The highest BCUT2D eigenvalue weighted by molar-refractivity contribution is 5.50. The first-order valence-electron chi connectivity index (χ1n) is 5.78. The van der Waals surface area contributed by atoms with Crippen molar-refractivity contribution in [2.24, 2.45) is 0 Å². The van der Waals surface area contributed by atoms with Gasteiger partial charge < -0.3 is 4.74 Å². The molecule has 0 heterocycles. The van der Waals surface area contributed by atoms with E-state index >= 15 is 0 Å². The standard InChI is InChI=1S/C13H19NO3/c1-5-8-17-12-7-6-10(13(2,3)4)9-11(12)14(15)16/h6-7,9H,5,8H2,1-4H3. The van der Waals surface area contributed by atoms with E-state index in [0.29, 0.717) is 12.4 Å². The minimum absolute atomic E-state index is 0.0471. The second kappa shape index (κ2) is 5.17. The molecule has 17 heavy (non-hydrogen) atoms. The number of benzene rings is 1. The smallest absolute Gasteiger partial charge is 0.311 e. The maximum atomic E-state index is 11.0. The van der Waals surface area contributed by atoms with Crippen LogP contribution in [0.25, 0.3) is 0 Å². The Balaban J connectivity index is 3.13. The zero-order chi connectivity index (χ0) is 13.1. The van der Waals surface area contributed by atoms with Gasteiger partial charge in [-0.3, -0.25) is 10.1 Å². The molecule has 0 radical (unpaired) electrons. The van der Waals surface area contributed by atoms with Gasteiger partial charge in [0.1, 0.15) is 0 Å². The lowest BCUT2D eigenvalue weighted by molar-refractivity contribution is -0.386. The third-order valence-corrected chi connectivity index (χ3v) is 2.48. The summed E-state index contributed by atoms with van der Waals surface area (Å²) in [6.45, 7) is 8.54. The Labute approximate surface area is 102 Å². The van der Waals surface area contributed by atoms with Gasteiger partial charge in [0.15, 0.2) is 5.75 Å². The summed E-state index contributed by atoms with van der Waals surface area (Å²) in [5.74, 6) is 0.352. The van der Waals surface area contributed by atoms with Crippen LogP contribution in [0.2, 0.25) is 0 Å². The molecule has 1 rings (SSSR count). The molecule has 0 aliphatic heterocycles. The van der Waals surface area contributed by atoms with Crippen molar-refractivity contribution in [3.05, 3.63) is 33.9 Å². The Kier molecular flexibility index (Phi) is 4.10. The molecule has 0 atom stereocenters. The van der Waals surface area contributed by atoms with Crippen LogP contribution in [0.15, 0.2) is 18.2 Å². The number of rotatable bonds is 4. The summed E-state index contributed by atoms with van der Waals surface area (Å²) in [6, 6.07) is 5.18.